The fraction of sp³-hybridized carbons (Fsp3) is 0.355. The van der Waals surface area contributed by atoms with Crippen molar-refractivity contribution < 1.29 is 48.0 Å². The van der Waals surface area contributed by atoms with Gasteiger partial charge in [-0.3, -0.25) is 0 Å². The molecule has 0 bridgehead atoms. The molecule has 2 aromatic carbocycles. The maximum absolute atomic E-state index is 2.48. The molecule has 182 valence electrons. The number of rotatable bonds is 3. The van der Waals surface area contributed by atoms with Crippen LogP contribution in [0.1, 0.15) is 76.3 Å². The van der Waals surface area contributed by atoms with E-state index in [1.165, 1.54) is 33.4 Å². The van der Waals surface area contributed by atoms with Crippen LogP contribution in [0, 0.1) is 5.92 Å². The van der Waals surface area contributed by atoms with Crippen molar-refractivity contribution in [3.8, 4) is 11.1 Å². The van der Waals surface area contributed by atoms with Crippen molar-refractivity contribution in [1.82, 2.24) is 0 Å². The fourth-order valence-corrected chi connectivity index (χ4v) is 10.5. The van der Waals surface area contributed by atoms with E-state index in [2.05, 4.69) is 108 Å². The van der Waals surface area contributed by atoms with Crippen molar-refractivity contribution >= 4 is 20.2 Å². The zero-order valence-electron chi connectivity index (χ0n) is 21.7. The van der Waals surface area contributed by atoms with E-state index in [1.807, 2.05) is 11.3 Å². The Bertz CT molecular complexity index is 1280. The number of benzene rings is 2. The molecule has 2 aliphatic carbocycles. The Balaban J connectivity index is 0.00000171. The third-order valence-electron chi connectivity index (χ3n) is 7.14. The van der Waals surface area contributed by atoms with E-state index in [1.54, 1.807) is 17.7 Å². The van der Waals surface area contributed by atoms with Crippen LogP contribution in [0.15, 0.2) is 62.6 Å². The van der Waals surface area contributed by atoms with Crippen molar-refractivity contribution in [1.29, 1.82) is 0 Å². The summed E-state index contributed by atoms with van der Waals surface area (Å²) in [5.41, 5.74) is 12.4. The smallest absolute Gasteiger partial charge is 1.00 e. The molecule has 35 heavy (non-hydrogen) atoms. The second kappa shape index (κ2) is 10.5. The van der Waals surface area contributed by atoms with E-state index >= 15 is 0 Å². The fourth-order valence-electron chi connectivity index (χ4n) is 5.17. The summed E-state index contributed by atoms with van der Waals surface area (Å²) in [5, 5.41) is 4.53. The van der Waals surface area contributed by atoms with Gasteiger partial charge in [0, 0.05) is 0 Å². The molecule has 1 unspecified atom stereocenters. The van der Waals surface area contributed by atoms with Crippen LogP contribution in [0.2, 0.25) is 0 Å². The molecule has 0 spiro atoms. The van der Waals surface area contributed by atoms with Gasteiger partial charge in [-0.25, -0.2) is 0 Å². The molecular formula is C31H34Cl2SZr. The summed E-state index contributed by atoms with van der Waals surface area (Å²) in [6.45, 7) is 16.5. The van der Waals surface area contributed by atoms with Crippen LogP contribution in [0.4, 0.5) is 0 Å². The first-order chi connectivity index (χ1) is 15.5. The van der Waals surface area contributed by atoms with E-state index in [4.69, 9.17) is 0 Å². The molecule has 4 heteroatoms. The minimum atomic E-state index is -0.982. The third-order valence-corrected chi connectivity index (χ3v) is 12.3. The molecule has 3 aromatic rings. The number of allylic oxidation sites excluding steroid dienone is 4. The Morgan fingerprint density at radius 3 is 2.23 bits per heavy atom. The van der Waals surface area contributed by atoms with Gasteiger partial charge in [-0.1, -0.05) is 0 Å². The molecule has 1 aromatic heterocycles. The van der Waals surface area contributed by atoms with E-state index in [-0.39, 0.29) is 35.6 Å². The van der Waals surface area contributed by atoms with Gasteiger partial charge in [-0.15, -0.1) is 0 Å². The van der Waals surface area contributed by atoms with Crippen LogP contribution in [0.5, 0.6) is 0 Å². The zero-order valence-corrected chi connectivity index (χ0v) is 26.5. The molecule has 0 saturated carbocycles. The summed E-state index contributed by atoms with van der Waals surface area (Å²) < 4.78 is 3.47. The SMILES string of the molecule is CC1C=CC(c2ccsc2)=[C]1[Zr+2][c]1c(C(C)(C)C)ccc2c1Cc1cc(C(C)(C)C)ccc1-2.[Cl-].[Cl-]. The van der Waals surface area contributed by atoms with Crippen LogP contribution < -0.4 is 28.1 Å². The van der Waals surface area contributed by atoms with Gasteiger partial charge in [-0.05, 0) is 0 Å². The van der Waals surface area contributed by atoms with Gasteiger partial charge in [0.2, 0.25) is 0 Å². The van der Waals surface area contributed by atoms with Crippen LogP contribution >= 0.6 is 11.3 Å². The number of hydrogen-bond donors (Lipinski definition) is 0. The first kappa shape index (κ1) is 28.7. The first-order valence-corrected chi connectivity index (χ1v) is 15.5. The summed E-state index contributed by atoms with van der Waals surface area (Å²) in [7, 11) is 0. The van der Waals surface area contributed by atoms with Crippen molar-refractivity contribution in [3.63, 3.8) is 0 Å². The first-order valence-electron chi connectivity index (χ1n) is 12.1. The molecule has 0 saturated heterocycles. The molecule has 0 aliphatic heterocycles. The molecule has 1 atom stereocenters. The standard InChI is InChI=1S/C21H25.C10H9S.2ClH.Zr/c1-20(2,3)16-7-9-18-14(12-16)11-15-13-17(21(4,5)6)8-10-19(15)18;1-8-2-3-9(6-8)10-4-5-11-7-10;;;/h7-10,12H,11H2,1-6H3;2-5,7-8H,1H3;2*1H;/q;;;;+2/p-2. The zero-order chi connectivity index (χ0) is 23.5. The molecule has 5 rings (SSSR count). The Morgan fingerprint density at radius 1 is 0.886 bits per heavy atom. The van der Waals surface area contributed by atoms with Crippen molar-refractivity contribution in [2.75, 3.05) is 0 Å². The molecule has 0 nitrogen and oxygen atoms in total. The van der Waals surface area contributed by atoms with Crippen molar-refractivity contribution in [2.45, 2.75) is 65.7 Å². The monoisotopic (exact) mass is 598 g/mol. The van der Waals surface area contributed by atoms with Crippen molar-refractivity contribution in [2.24, 2.45) is 5.92 Å². The van der Waals surface area contributed by atoms with Gasteiger partial charge >= 0.3 is 217 Å². The topological polar surface area (TPSA) is 0 Å². The summed E-state index contributed by atoms with van der Waals surface area (Å²) in [6.07, 6.45) is 5.91. The van der Waals surface area contributed by atoms with E-state index in [9.17, 15) is 0 Å². The van der Waals surface area contributed by atoms with Gasteiger partial charge in [0.25, 0.3) is 0 Å². The molecule has 0 N–H and O–H groups in total. The van der Waals surface area contributed by atoms with Gasteiger partial charge in [0.15, 0.2) is 0 Å². The molecular weight excluding hydrogens is 567 g/mol. The largest absolute Gasteiger partial charge is 1.00 e. The molecule has 0 amide bonds. The van der Waals surface area contributed by atoms with E-state index in [0.717, 1.165) is 6.42 Å². The number of fused-ring (bicyclic) bond motifs is 3. The Labute approximate surface area is 239 Å². The Hall–Kier alpha value is -0.917. The quantitative estimate of drug-likeness (QED) is 0.339. The van der Waals surface area contributed by atoms with Crippen LogP contribution in [0.25, 0.3) is 16.7 Å². The maximum atomic E-state index is 2.48. The van der Waals surface area contributed by atoms with Gasteiger partial charge in [0.1, 0.15) is 0 Å². The minimum Gasteiger partial charge on any atom is -1.00 e. The van der Waals surface area contributed by atoms with E-state index < -0.39 is 23.2 Å². The minimum absolute atomic E-state index is 0. The summed E-state index contributed by atoms with van der Waals surface area (Å²) in [4.78, 5) is 0. The summed E-state index contributed by atoms with van der Waals surface area (Å²) in [5.74, 6) is 0.562. The van der Waals surface area contributed by atoms with Crippen LogP contribution in [0.3, 0.4) is 0 Å². The second-order valence-corrected chi connectivity index (χ2v) is 15.6. The average molecular weight is 601 g/mol. The third kappa shape index (κ3) is 5.38. The predicted molar refractivity (Wildman–Crippen MR) is 141 cm³/mol. The molecule has 0 radical (unpaired) electrons. The number of halogens is 2. The van der Waals surface area contributed by atoms with Crippen LogP contribution in [-0.2, 0) is 40.5 Å². The van der Waals surface area contributed by atoms with E-state index in [0.29, 0.717) is 5.92 Å². The van der Waals surface area contributed by atoms with Gasteiger partial charge in [0.05, 0.1) is 0 Å². The van der Waals surface area contributed by atoms with Gasteiger partial charge in [-0.2, -0.15) is 0 Å². The average Bonchev–Trinajstić information content (AvgIpc) is 3.45. The van der Waals surface area contributed by atoms with Crippen molar-refractivity contribution in [3.05, 3.63) is 90.4 Å². The summed E-state index contributed by atoms with van der Waals surface area (Å²) in [6, 6.07) is 14.4. The normalized spacial score (nSPS) is 16.4. The molecule has 0 fully saturated rings. The van der Waals surface area contributed by atoms with Gasteiger partial charge < -0.3 is 24.8 Å². The second-order valence-electron chi connectivity index (χ2n) is 11.7. The maximum Gasteiger partial charge on any atom is -1.00 e. The Morgan fingerprint density at radius 2 is 1.60 bits per heavy atom. The molecule has 1 heterocycles. The summed E-state index contributed by atoms with van der Waals surface area (Å²) >= 11 is 0.827. The molecule has 2 aliphatic rings. The predicted octanol–water partition coefficient (Wildman–Crippen LogP) is 2.25. The Kier molecular flexibility index (Phi) is 8.56. The number of thiophene rings is 1. The number of hydrogen-bond acceptors (Lipinski definition) is 1. The van der Waals surface area contributed by atoms with Crippen LogP contribution in [-0.4, -0.2) is 0 Å².